The Labute approximate surface area is 174 Å². The van der Waals surface area contributed by atoms with Crippen LogP contribution in [-0.4, -0.2) is 37.0 Å². The molecule has 3 heterocycles. The molecule has 0 bridgehead atoms. The molecule has 1 amide bonds. The molecular formula is C22H25FN6O. The fourth-order valence-electron chi connectivity index (χ4n) is 4.52. The van der Waals surface area contributed by atoms with Crippen LogP contribution in [0.25, 0.3) is 5.69 Å². The topological polar surface area (TPSA) is 77.6 Å². The molecule has 0 atom stereocenters. The lowest BCUT2D eigenvalue weighted by atomic mass is 10.2. The van der Waals surface area contributed by atoms with Crippen molar-refractivity contribution in [3.05, 3.63) is 58.7 Å². The molecule has 3 aromatic rings. The van der Waals surface area contributed by atoms with Crippen molar-refractivity contribution >= 4 is 5.91 Å². The Kier molecular flexibility index (Phi) is 5.06. The van der Waals surface area contributed by atoms with Gasteiger partial charge in [0.25, 0.3) is 5.91 Å². The van der Waals surface area contributed by atoms with Crippen LogP contribution < -0.4 is 5.32 Å². The van der Waals surface area contributed by atoms with Crippen LogP contribution in [0.1, 0.15) is 59.1 Å². The van der Waals surface area contributed by atoms with E-state index in [0.717, 1.165) is 73.7 Å². The normalized spacial score (nSPS) is 15.5. The third-order valence-corrected chi connectivity index (χ3v) is 6.04. The number of aryl methyl sites for hydroxylation is 1. The fraction of sp³-hybridized carbons (Fsp3) is 0.455. The Morgan fingerprint density at radius 2 is 1.90 bits per heavy atom. The van der Waals surface area contributed by atoms with Gasteiger partial charge in [-0.1, -0.05) is 6.42 Å². The first-order valence-electron chi connectivity index (χ1n) is 10.8. The van der Waals surface area contributed by atoms with E-state index in [4.69, 9.17) is 0 Å². The van der Waals surface area contributed by atoms with Gasteiger partial charge in [0, 0.05) is 37.2 Å². The van der Waals surface area contributed by atoms with Gasteiger partial charge in [0.2, 0.25) is 0 Å². The highest BCUT2D eigenvalue weighted by molar-refractivity contribution is 5.94. The summed E-state index contributed by atoms with van der Waals surface area (Å²) in [6, 6.07) is 6.22. The molecule has 1 aliphatic heterocycles. The molecule has 30 heavy (non-hydrogen) atoms. The summed E-state index contributed by atoms with van der Waals surface area (Å²) in [6.45, 7) is 1.45. The van der Waals surface area contributed by atoms with Gasteiger partial charge in [-0.2, -0.15) is 5.10 Å². The maximum absolute atomic E-state index is 13.3. The minimum Gasteiger partial charge on any atom is -0.350 e. The number of halogens is 1. The maximum atomic E-state index is 13.3. The van der Waals surface area contributed by atoms with Crippen LogP contribution in [0, 0.1) is 5.82 Å². The van der Waals surface area contributed by atoms with E-state index in [0.29, 0.717) is 18.7 Å². The number of carbonyl (C=O) groups excluding carboxylic acids is 1. The third kappa shape index (κ3) is 3.51. The molecular weight excluding hydrogens is 383 g/mol. The lowest BCUT2D eigenvalue weighted by Crippen LogP contribution is -2.28. The number of hydrogen-bond acceptors (Lipinski definition) is 4. The van der Waals surface area contributed by atoms with Crippen LogP contribution in [0.5, 0.6) is 0 Å². The molecule has 1 N–H and O–H groups in total. The summed E-state index contributed by atoms with van der Waals surface area (Å²) >= 11 is 0. The van der Waals surface area contributed by atoms with Crippen molar-refractivity contribution in [1.82, 2.24) is 29.9 Å². The van der Waals surface area contributed by atoms with Crippen molar-refractivity contribution in [1.29, 1.82) is 0 Å². The van der Waals surface area contributed by atoms with E-state index in [2.05, 4.69) is 25.2 Å². The largest absolute Gasteiger partial charge is 0.350 e. The fourth-order valence-corrected chi connectivity index (χ4v) is 4.52. The van der Waals surface area contributed by atoms with E-state index in [1.165, 1.54) is 18.6 Å². The van der Waals surface area contributed by atoms with Gasteiger partial charge in [0.15, 0.2) is 5.69 Å². The van der Waals surface area contributed by atoms with Crippen molar-refractivity contribution in [3.8, 4) is 5.69 Å². The molecule has 0 saturated carbocycles. The summed E-state index contributed by atoms with van der Waals surface area (Å²) in [5.41, 5.74) is 3.31. The number of aromatic nitrogens is 5. The number of rotatable bonds is 5. The van der Waals surface area contributed by atoms with Crippen LogP contribution >= 0.6 is 0 Å². The molecule has 0 spiro atoms. The van der Waals surface area contributed by atoms with Gasteiger partial charge in [-0.3, -0.25) is 4.79 Å². The van der Waals surface area contributed by atoms with E-state index in [1.54, 1.807) is 16.8 Å². The van der Waals surface area contributed by atoms with Gasteiger partial charge in [0.1, 0.15) is 17.5 Å². The first-order chi connectivity index (χ1) is 14.7. The summed E-state index contributed by atoms with van der Waals surface area (Å²) in [5, 5.41) is 16.2. The number of nitrogens with one attached hydrogen (secondary N) is 1. The van der Waals surface area contributed by atoms with Crippen LogP contribution in [0.3, 0.4) is 0 Å². The molecule has 8 heteroatoms. The smallest absolute Gasteiger partial charge is 0.272 e. The second-order valence-corrected chi connectivity index (χ2v) is 8.02. The van der Waals surface area contributed by atoms with E-state index in [9.17, 15) is 9.18 Å². The quantitative estimate of drug-likeness (QED) is 0.704. The SMILES string of the molecule is O=C(NCCc1nnc2n1CCCCC2)c1nn(-c2ccc(F)cc2)c2c1CCC2. The highest BCUT2D eigenvalue weighted by atomic mass is 19.1. The van der Waals surface area contributed by atoms with Gasteiger partial charge in [-0.05, 0) is 56.4 Å². The summed E-state index contributed by atoms with van der Waals surface area (Å²) in [7, 11) is 0. The first kappa shape index (κ1) is 19.0. The molecule has 5 rings (SSSR count). The predicted molar refractivity (Wildman–Crippen MR) is 109 cm³/mol. The highest BCUT2D eigenvalue weighted by Crippen LogP contribution is 2.28. The van der Waals surface area contributed by atoms with Crippen molar-refractivity contribution in [2.45, 2.75) is 57.9 Å². The Bertz CT molecular complexity index is 1070. The number of benzene rings is 1. The average Bonchev–Trinajstić information content (AvgIpc) is 3.41. The standard InChI is InChI=1S/C22H25FN6O/c23-15-8-10-16(11-9-15)29-18-6-4-5-17(18)21(27-29)22(30)24-13-12-20-26-25-19-7-2-1-3-14-28(19)20/h8-11H,1-7,12-14H2,(H,24,30). The zero-order valence-electron chi connectivity index (χ0n) is 16.9. The van der Waals surface area contributed by atoms with Crippen LogP contribution in [-0.2, 0) is 32.2 Å². The second-order valence-electron chi connectivity index (χ2n) is 8.02. The minimum absolute atomic E-state index is 0.162. The summed E-state index contributed by atoms with van der Waals surface area (Å²) in [5.74, 6) is 1.55. The second kappa shape index (κ2) is 8.01. The molecule has 156 valence electrons. The molecule has 7 nitrogen and oxygen atoms in total. The van der Waals surface area contributed by atoms with Crippen LogP contribution in [0.2, 0.25) is 0 Å². The lowest BCUT2D eigenvalue weighted by Gasteiger charge is -2.08. The molecule has 0 fully saturated rings. The Hall–Kier alpha value is -3.03. The molecule has 1 aromatic carbocycles. The van der Waals surface area contributed by atoms with E-state index in [1.807, 2.05) is 0 Å². The molecule has 1 aliphatic carbocycles. The van der Waals surface area contributed by atoms with Crippen LogP contribution in [0.15, 0.2) is 24.3 Å². The molecule has 2 aromatic heterocycles. The summed E-state index contributed by atoms with van der Waals surface area (Å²) in [4.78, 5) is 12.9. The average molecular weight is 408 g/mol. The zero-order valence-corrected chi connectivity index (χ0v) is 16.9. The van der Waals surface area contributed by atoms with Crippen molar-refractivity contribution in [2.24, 2.45) is 0 Å². The van der Waals surface area contributed by atoms with Gasteiger partial charge >= 0.3 is 0 Å². The number of hydrogen-bond donors (Lipinski definition) is 1. The van der Waals surface area contributed by atoms with Gasteiger partial charge in [-0.25, -0.2) is 9.07 Å². The van der Waals surface area contributed by atoms with Gasteiger partial charge in [0.05, 0.1) is 5.69 Å². The Morgan fingerprint density at radius 3 is 2.77 bits per heavy atom. The Morgan fingerprint density at radius 1 is 1.03 bits per heavy atom. The Balaban J connectivity index is 1.30. The van der Waals surface area contributed by atoms with Crippen molar-refractivity contribution in [2.75, 3.05) is 6.54 Å². The predicted octanol–water partition coefficient (Wildman–Crippen LogP) is 2.79. The van der Waals surface area contributed by atoms with Crippen molar-refractivity contribution in [3.63, 3.8) is 0 Å². The third-order valence-electron chi connectivity index (χ3n) is 6.04. The molecule has 0 saturated heterocycles. The zero-order chi connectivity index (χ0) is 20.5. The lowest BCUT2D eigenvalue weighted by molar-refractivity contribution is 0.0947. The number of nitrogens with zero attached hydrogens (tertiary/aromatic N) is 5. The number of carbonyl (C=O) groups is 1. The molecule has 2 aliphatic rings. The summed E-state index contributed by atoms with van der Waals surface area (Å²) < 4.78 is 17.3. The van der Waals surface area contributed by atoms with Gasteiger partial charge in [-0.15, -0.1) is 10.2 Å². The van der Waals surface area contributed by atoms with Crippen LogP contribution in [0.4, 0.5) is 4.39 Å². The van der Waals surface area contributed by atoms with Gasteiger partial charge < -0.3 is 9.88 Å². The first-order valence-corrected chi connectivity index (χ1v) is 10.8. The monoisotopic (exact) mass is 408 g/mol. The maximum Gasteiger partial charge on any atom is 0.272 e. The number of fused-ring (bicyclic) bond motifs is 2. The molecule has 0 radical (unpaired) electrons. The number of amides is 1. The molecule has 0 unspecified atom stereocenters. The highest BCUT2D eigenvalue weighted by Gasteiger charge is 2.27. The van der Waals surface area contributed by atoms with E-state index in [-0.39, 0.29) is 11.7 Å². The van der Waals surface area contributed by atoms with E-state index >= 15 is 0 Å². The van der Waals surface area contributed by atoms with Crippen molar-refractivity contribution < 1.29 is 9.18 Å². The minimum atomic E-state index is -0.285. The van der Waals surface area contributed by atoms with E-state index < -0.39 is 0 Å². The summed E-state index contributed by atoms with van der Waals surface area (Å²) in [6.07, 6.45) is 7.89.